The van der Waals surface area contributed by atoms with E-state index in [9.17, 15) is 9.90 Å². The number of phenolic OH excluding ortho intramolecular Hbond substituents is 1. The molecule has 0 amide bonds. The summed E-state index contributed by atoms with van der Waals surface area (Å²) in [5.74, 6) is 0.405. The van der Waals surface area contributed by atoms with Crippen molar-refractivity contribution < 1.29 is 9.84 Å². The Bertz CT molecular complexity index is 563. The average Bonchev–Trinajstić information content (AvgIpc) is 2.25. The van der Waals surface area contributed by atoms with Gasteiger partial charge in [-0.05, 0) is 6.42 Å². The van der Waals surface area contributed by atoms with Gasteiger partial charge in [-0.15, -0.1) is 0 Å². The number of aromatic hydroxyl groups is 1. The maximum Gasteiger partial charge on any atom is 0.262 e. The molecule has 5 nitrogen and oxygen atoms in total. The molecule has 0 saturated heterocycles. The summed E-state index contributed by atoms with van der Waals surface area (Å²) >= 11 is 0. The fraction of sp³-hybridized carbons (Fsp3) is 0.273. The van der Waals surface area contributed by atoms with E-state index in [1.54, 1.807) is 0 Å². The van der Waals surface area contributed by atoms with Crippen molar-refractivity contribution in [2.75, 3.05) is 6.61 Å². The third-order valence-electron chi connectivity index (χ3n) is 2.15. The Hall–Kier alpha value is -2.04. The van der Waals surface area contributed by atoms with E-state index in [1.807, 2.05) is 6.92 Å². The first-order valence-corrected chi connectivity index (χ1v) is 5.05. The lowest BCUT2D eigenvalue weighted by Crippen LogP contribution is -2.08. The van der Waals surface area contributed by atoms with Crippen molar-refractivity contribution >= 4 is 10.9 Å². The van der Waals surface area contributed by atoms with Gasteiger partial charge in [0.15, 0.2) is 0 Å². The highest BCUT2D eigenvalue weighted by atomic mass is 16.5. The van der Waals surface area contributed by atoms with Gasteiger partial charge in [0.1, 0.15) is 16.9 Å². The molecule has 2 aromatic rings. The van der Waals surface area contributed by atoms with Crippen molar-refractivity contribution in [2.45, 2.75) is 13.3 Å². The molecule has 0 aliphatic carbocycles. The lowest BCUT2D eigenvalue weighted by Gasteiger charge is -2.07. The Labute approximate surface area is 91.7 Å². The molecule has 0 bridgehead atoms. The fourth-order valence-electron chi connectivity index (χ4n) is 1.48. The molecule has 0 aliphatic heterocycles. The van der Waals surface area contributed by atoms with Crippen molar-refractivity contribution in [3.63, 3.8) is 0 Å². The van der Waals surface area contributed by atoms with Crippen molar-refractivity contribution in [1.29, 1.82) is 0 Å². The lowest BCUT2D eigenvalue weighted by molar-refractivity contribution is 0.319. The zero-order valence-electron chi connectivity index (χ0n) is 8.86. The van der Waals surface area contributed by atoms with E-state index in [0.717, 1.165) is 6.42 Å². The van der Waals surface area contributed by atoms with Gasteiger partial charge < -0.3 is 14.8 Å². The number of nitrogens with one attached hydrogen (secondary N) is 1. The molecular formula is C11H12N2O3. The molecule has 0 spiro atoms. The molecule has 1 heterocycles. The maximum absolute atomic E-state index is 11.6. The van der Waals surface area contributed by atoms with Crippen LogP contribution in [0, 0.1) is 0 Å². The number of nitrogens with zero attached hydrogens (tertiary/aromatic N) is 1. The van der Waals surface area contributed by atoms with E-state index in [0.29, 0.717) is 23.3 Å². The Morgan fingerprint density at radius 3 is 3.06 bits per heavy atom. The van der Waals surface area contributed by atoms with E-state index < -0.39 is 0 Å². The van der Waals surface area contributed by atoms with Crippen LogP contribution in [0.15, 0.2) is 23.3 Å². The summed E-state index contributed by atoms with van der Waals surface area (Å²) in [4.78, 5) is 18.1. The minimum atomic E-state index is -0.267. The fourth-order valence-corrected chi connectivity index (χ4v) is 1.48. The number of fused-ring (bicyclic) bond motifs is 1. The van der Waals surface area contributed by atoms with Gasteiger partial charge in [-0.1, -0.05) is 6.92 Å². The monoisotopic (exact) mass is 220 g/mol. The van der Waals surface area contributed by atoms with Crippen LogP contribution in [0.5, 0.6) is 11.5 Å². The molecule has 2 N–H and O–H groups in total. The summed E-state index contributed by atoms with van der Waals surface area (Å²) in [5.41, 5.74) is 0.158. The van der Waals surface area contributed by atoms with E-state index in [1.165, 1.54) is 18.5 Å². The predicted molar refractivity (Wildman–Crippen MR) is 59.8 cm³/mol. The molecule has 16 heavy (non-hydrogen) atoms. The third kappa shape index (κ3) is 1.84. The number of aromatic nitrogens is 2. The van der Waals surface area contributed by atoms with Gasteiger partial charge in [-0.2, -0.15) is 0 Å². The normalized spacial score (nSPS) is 10.6. The summed E-state index contributed by atoms with van der Waals surface area (Å²) in [6.45, 7) is 2.46. The Kier molecular flexibility index (Phi) is 2.76. The van der Waals surface area contributed by atoms with E-state index in [-0.39, 0.29) is 11.3 Å². The smallest absolute Gasteiger partial charge is 0.262 e. The molecule has 0 atom stereocenters. The van der Waals surface area contributed by atoms with Crippen LogP contribution >= 0.6 is 0 Å². The third-order valence-corrected chi connectivity index (χ3v) is 2.15. The number of rotatable bonds is 3. The zero-order valence-corrected chi connectivity index (χ0v) is 8.86. The Balaban J connectivity index is 2.65. The Morgan fingerprint density at radius 1 is 1.50 bits per heavy atom. The van der Waals surface area contributed by atoms with Gasteiger partial charge in [0.2, 0.25) is 0 Å². The van der Waals surface area contributed by atoms with E-state index in [4.69, 9.17) is 4.74 Å². The summed E-state index contributed by atoms with van der Waals surface area (Å²) in [6, 6.07) is 2.86. The molecule has 0 fully saturated rings. The van der Waals surface area contributed by atoms with Crippen molar-refractivity contribution in [2.24, 2.45) is 0 Å². The largest absolute Gasteiger partial charge is 0.508 e. The second-order valence-corrected chi connectivity index (χ2v) is 3.42. The molecule has 0 saturated carbocycles. The first-order chi connectivity index (χ1) is 7.72. The second kappa shape index (κ2) is 4.22. The zero-order chi connectivity index (χ0) is 11.5. The average molecular weight is 220 g/mol. The number of hydrogen-bond acceptors (Lipinski definition) is 4. The summed E-state index contributed by atoms with van der Waals surface area (Å²) in [6.07, 6.45) is 2.13. The van der Waals surface area contributed by atoms with Crippen LogP contribution in [0.4, 0.5) is 0 Å². The van der Waals surface area contributed by atoms with Crippen molar-refractivity contribution in [3.8, 4) is 11.5 Å². The maximum atomic E-state index is 11.6. The second-order valence-electron chi connectivity index (χ2n) is 3.42. The lowest BCUT2D eigenvalue weighted by atomic mass is 10.2. The standard InChI is InChI=1S/C11H12N2O3/c1-2-3-16-9-5-7(14)4-8-10(9)11(15)13-6-12-8/h4-6,14H,2-3H2,1H3,(H,12,13,15). The van der Waals surface area contributed by atoms with Gasteiger partial charge in [0.05, 0.1) is 18.5 Å². The molecule has 1 aromatic heterocycles. The van der Waals surface area contributed by atoms with Crippen LogP contribution in [-0.2, 0) is 0 Å². The van der Waals surface area contributed by atoms with Crippen LogP contribution in [0.2, 0.25) is 0 Å². The van der Waals surface area contributed by atoms with Crippen LogP contribution in [-0.4, -0.2) is 21.7 Å². The number of benzene rings is 1. The molecule has 0 aliphatic rings. The highest BCUT2D eigenvalue weighted by Crippen LogP contribution is 2.26. The number of phenols is 1. The minimum Gasteiger partial charge on any atom is -0.508 e. The number of hydrogen-bond donors (Lipinski definition) is 2. The molecule has 2 rings (SSSR count). The highest BCUT2D eigenvalue weighted by molar-refractivity contribution is 5.85. The number of aromatic amines is 1. The summed E-state index contributed by atoms with van der Waals surface area (Å²) in [5, 5.41) is 9.84. The minimum absolute atomic E-state index is 0.0386. The van der Waals surface area contributed by atoms with Crippen LogP contribution in [0.1, 0.15) is 13.3 Å². The molecular weight excluding hydrogens is 208 g/mol. The molecule has 0 radical (unpaired) electrons. The van der Waals surface area contributed by atoms with E-state index in [2.05, 4.69) is 9.97 Å². The first kappa shape index (κ1) is 10.5. The van der Waals surface area contributed by atoms with Crippen LogP contribution in [0.3, 0.4) is 0 Å². The van der Waals surface area contributed by atoms with Gasteiger partial charge >= 0.3 is 0 Å². The quantitative estimate of drug-likeness (QED) is 0.820. The summed E-state index contributed by atoms with van der Waals surface area (Å²) in [7, 11) is 0. The van der Waals surface area contributed by atoms with Gasteiger partial charge in [0, 0.05) is 12.1 Å². The summed E-state index contributed by atoms with van der Waals surface area (Å²) < 4.78 is 5.41. The van der Waals surface area contributed by atoms with Crippen molar-refractivity contribution in [1.82, 2.24) is 9.97 Å². The predicted octanol–water partition coefficient (Wildman–Crippen LogP) is 1.42. The topological polar surface area (TPSA) is 75.2 Å². The highest BCUT2D eigenvalue weighted by Gasteiger charge is 2.09. The number of H-pyrrole nitrogens is 1. The van der Waals surface area contributed by atoms with E-state index >= 15 is 0 Å². The van der Waals surface area contributed by atoms with Gasteiger partial charge in [0.25, 0.3) is 5.56 Å². The SMILES string of the molecule is CCCOc1cc(O)cc2nc[nH]c(=O)c12. The first-order valence-electron chi connectivity index (χ1n) is 5.05. The molecule has 1 aromatic carbocycles. The molecule has 0 unspecified atom stereocenters. The van der Waals surface area contributed by atoms with Gasteiger partial charge in [-0.3, -0.25) is 4.79 Å². The Morgan fingerprint density at radius 2 is 2.31 bits per heavy atom. The van der Waals surface area contributed by atoms with Crippen LogP contribution in [0.25, 0.3) is 10.9 Å². The number of ether oxygens (including phenoxy) is 1. The van der Waals surface area contributed by atoms with Crippen LogP contribution < -0.4 is 10.3 Å². The van der Waals surface area contributed by atoms with Crippen molar-refractivity contribution in [3.05, 3.63) is 28.8 Å². The van der Waals surface area contributed by atoms with Gasteiger partial charge in [-0.25, -0.2) is 4.98 Å². The molecule has 5 heteroatoms. The molecule has 84 valence electrons.